The number of Topliss-reactive ketones (excluding diaryl/α,β-unsaturated/α-hetero) is 1. The fourth-order valence-electron chi connectivity index (χ4n) is 3.94. The molecule has 0 aliphatic carbocycles. The number of aryl methyl sites for hydroxylation is 1. The topological polar surface area (TPSA) is 66.1 Å². The molecule has 0 radical (unpaired) electrons. The van der Waals surface area contributed by atoms with Crippen molar-refractivity contribution in [3.05, 3.63) is 57.6 Å². The first kappa shape index (κ1) is 22.3. The van der Waals surface area contributed by atoms with Gasteiger partial charge in [0.25, 0.3) is 5.56 Å². The van der Waals surface area contributed by atoms with Gasteiger partial charge in [-0.15, -0.1) is 0 Å². The minimum atomic E-state index is -0.0519. The van der Waals surface area contributed by atoms with E-state index in [-0.39, 0.29) is 23.1 Å². The third-order valence-corrected chi connectivity index (χ3v) is 6.22. The van der Waals surface area contributed by atoms with E-state index >= 15 is 0 Å². The van der Waals surface area contributed by atoms with Gasteiger partial charge in [-0.1, -0.05) is 30.8 Å². The predicted octanol–water partition coefficient (Wildman–Crippen LogP) is 4.41. The van der Waals surface area contributed by atoms with Crippen molar-refractivity contribution in [1.29, 1.82) is 0 Å². The number of carbonyl (C=O) groups excluding carboxylic acids is 1. The van der Waals surface area contributed by atoms with Gasteiger partial charge in [-0.05, 0) is 45.4 Å². The minimum absolute atomic E-state index is 0.0365. The number of hydrogen-bond donors (Lipinski definition) is 0. The van der Waals surface area contributed by atoms with Crippen molar-refractivity contribution in [1.82, 2.24) is 14.1 Å². The summed E-state index contributed by atoms with van der Waals surface area (Å²) in [6.07, 6.45) is 0.819. The molecule has 30 heavy (non-hydrogen) atoms. The molecule has 160 valence electrons. The van der Waals surface area contributed by atoms with Crippen LogP contribution in [0.15, 0.2) is 40.3 Å². The van der Waals surface area contributed by atoms with Crippen LogP contribution in [-0.2, 0) is 11.3 Å². The summed E-state index contributed by atoms with van der Waals surface area (Å²) in [6.45, 7) is 9.25. The molecule has 0 aliphatic rings. The average Bonchev–Trinajstić information content (AvgIpc) is 3.03. The van der Waals surface area contributed by atoms with E-state index in [0.29, 0.717) is 34.8 Å². The summed E-state index contributed by atoms with van der Waals surface area (Å²) >= 11 is 1.33. The molecule has 0 N–H and O–H groups in total. The minimum Gasteiger partial charge on any atom is -0.383 e. The van der Waals surface area contributed by atoms with Crippen LogP contribution in [0, 0.1) is 13.8 Å². The Morgan fingerprint density at radius 1 is 1.27 bits per heavy atom. The van der Waals surface area contributed by atoms with Crippen LogP contribution in [0.4, 0.5) is 0 Å². The Morgan fingerprint density at radius 2 is 2.00 bits per heavy atom. The number of aromatic nitrogens is 3. The zero-order chi connectivity index (χ0) is 21.8. The molecule has 0 spiro atoms. The number of rotatable bonds is 9. The maximum Gasteiger partial charge on any atom is 0.262 e. The summed E-state index contributed by atoms with van der Waals surface area (Å²) in [5.74, 6) is 0.270. The molecule has 1 aromatic carbocycles. The van der Waals surface area contributed by atoms with Crippen molar-refractivity contribution in [2.24, 2.45) is 0 Å². The maximum atomic E-state index is 13.0. The summed E-state index contributed by atoms with van der Waals surface area (Å²) < 4.78 is 9.10. The first-order valence-corrected chi connectivity index (χ1v) is 11.2. The summed E-state index contributed by atoms with van der Waals surface area (Å²) in [5.41, 5.74) is 3.31. The van der Waals surface area contributed by atoms with Crippen LogP contribution in [0.2, 0.25) is 0 Å². The lowest BCUT2D eigenvalue weighted by Gasteiger charge is -2.17. The zero-order valence-electron chi connectivity index (χ0n) is 18.3. The number of carbonyl (C=O) groups is 1. The van der Waals surface area contributed by atoms with Gasteiger partial charge in [-0.25, -0.2) is 4.98 Å². The summed E-state index contributed by atoms with van der Waals surface area (Å²) in [4.78, 5) is 30.6. The number of methoxy groups -OCH3 is 1. The number of ether oxygens (including phenoxy) is 1. The quantitative estimate of drug-likeness (QED) is 0.288. The molecular weight excluding hydrogens is 398 g/mol. The standard InChI is InChI=1S/C23H29N3O3S/c1-6-11-25-22(28)18-9-7-8-10-20(18)24-23(25)30-14-21(27)19-12-15(2)26(17(19)4)16(3)13-29-5/h7-10,12,16H,6,11,13-14H2,1-5H3/t16-/m1/s1. The molecule has 0 aliphatic heterocycles. The predicted molar refractivity (Wildman–Crippen MR) is 122 cm³/mol. The Bertz CT molecular complexity index is 1120. The molecule has 1 atom stereocenters. The molecule has 3 aromatic rings. The lowest BCUT2D eigenvalue weighted by atomic mass is 10.2. The summed E-state index contributed by atoms with van der Waals surface area (Å²) in [5, 5.41) is 1.20. The Balaban J connectivity index is 1.88. The molecule has 2 aromatic heterocycles. The van der Waals surface area contributed by atoms with Gasteiger partial charge in [0.15, 0.2) is 10.9 Å². The molecular formula is C23H29N3O3S. The van der Waals surface area contributed by atoms with Crippen LogP contribution in [0.25, 0.3) is 10.9 Å². The highest BCUT2D eigenvalue weighted by atomic mass is 32.2. The van der Waals surface area contributed by atoms with Crippen LogP contribution in [0.5, 0.6) is 0 Å². The van der Waals surface area contributed by atoms with Crippen LogP contribution in [0.1, 0.15) is 48.1 Å². The summed E-state index contributed by atoms with van der Waals surface area (Å²) in [6, 6.07) is 9.45. The third kappa shape index (κ3) is 4.37. The van der Waals surface area contributed by atoms with Crippen LogP contribution >= 0.6 is 11.8 Å². The Hall–Kier alpha value is -2.38. The Morgan fingerprint density at radius 3 is 2.70 bits per heavy atom. The van der Waals surface area contributed by atoms with Gasteiger partial charge in [0.1, 0.15) is 0 Å². The lowest BCUT2D eigenvalue weighted by molar-refractivity contribution is 0.102. The van der Waals surface area contributed by atoms with Crippen molar-refractivity contribution >= 4 is 28.4 Å². The number of para-hydroxylation sites is 1. The number of thioether (sulfide) groups is 1. The highest BCUT2D eigenvalue weighted by Gasteiger charge is 2.20. The second kappa shape index (κ2) is 9.62. The average molecular weight is 428 g/mol. The largest absolute Gasteiger partial charge is 0.383 e. The SMILES string of the molecule is CCCn1c(SCC(=O)c2cc(C)n([C@H](C)COC)c2C)nc2ccccc2c1=O. The molecule has 0 amide bonds. The lowest BCUT2D eigenvalue weighted by Crippen LogP contribution is -2.23. The smallest absolute Gasteiger partial charge is 0.262 e. The molecule has 3 rings (SSSR count). The number of benzene rings is 1. The third-order valence-electron chi connectivity index (χ3n) is 5.24. The van der Waals surface area contributed by atoms with E-state index in [0.717, 1.165) is 17.8 Å². The molecule has 0 saturated heterocycles. The van der Waals surface area contributed by atoms with Gasteiger partial charge >= 0.3 is 0 Å². The second-order valence-electron chi connectivity index (χ2n) is 7.54. The molecule has 0 fully saturated rings. The number of fused-ring (bicyclic) bond motifs is 1. The zero-order valence-corrected chi connectivity index (χ0v) is 19.1. The van der Waals surface area contributed by atoms with Gasteiger partial charge in [0.05, 0.1) is 29.3 Å². The normalized spacial score (nSPS) is 12.4. The Kier molecular flexibility index (Phi) is 7.15. The fraction of sp³-hybridized carbons (Fsp3) is 0.435. The fourth-order valence-corrected chi connectivity index (χ4v) is 4.85. The van der Waals surface area contributed by atoms with Gasteiger partial charge < -0.3 is 9.30 Å². The van der Waals surface area contributed by atoms with E-state index in [1.54, 1.807) is 17.7 Å². The molecule has 2 heterocycles. The van der Waals surface area contributed by atoms with Gasteiger partial charge in [0.2, 0.25) is 0 Å². The van der Waals surface area contributed by atoms with Crippen molar-refractivity contribution < 1.29 is 9.53 Å². The Labute approximate surface area is 181 Å². The number of nitrogens with zero attached hydrogens (tertiary/aromatic N) is 3. The van der Waals surface area contributed by atoms with Crippen molar-refractivity contribution in [2.75, 3.05) is 19.5 Å². The van der Waals surface area contributed by atoms with E-state index in [1.165, 1.54) is 11.8 Å². The maximum absolute atomic E-state index is 13.0. The number of ketones is 1. The van der Waals surface area contributed by atoms with Crippen molar-refractivity contribution in [3.8, 4) is 0 Å². The highest BCUT2D eigenvalue weighted by molar-refractivity contribution is 7.99. The number of hydrogen-bond acceptors (Lipinski definition) is 5. The van der Waals surface area contributed by atoms with E-state index in [2.05, 4.69) is 16.5 Å². The van der Waals surface area contributed by atoms with Gasteiger partial charge in [0, 0.05) is 30.6 Å². The van der Waals surface area contributed by atoms with E-state index < -0.39 is 0 Å². The van der Waals surface area contributed by atoms with E-state index in [4.69, 9.17) is 4.74 Å². The molecule has 6 nitrogen and oxygen atoms in total. The van der Waals surface area contributed by atoms with Gasteiger partial charge in [-0.2, -0.15) is 0 Å². The molecule has 0 saturated carbocycles. The van der Waals surface area contributed by atoms with Crippen molar-refractivity contribution in [2.45, 2.75) is 51.9 Å². The summed E-state index contributed by atoms with van der Waals surface area (Å²) in [7, 11) is 1.68. The first-order chi connectivity index (χ1) is 14.4. The van der Waals surface area contributed by atoms with E-state index in [1.807, 2.05) is 45.0 Å². The van der Waals surface area contributed by atoms with Gasteiger partial charge in [-0.3, -0.25) is 14.2 Å². The van der Waals surface area contributed by atoms with Crippen LogP contribution in [0.3, 0.4) is 0 Å². The van der Waals surface area contributed by atoms with E-state index in [9.17, 15) is 9.59 Å². The second-order valence-corrected chi connectivity index (χ2v) is 8.48. The van der Waals surface area contributed by atoms with Crippen LogP contribution in [-0.4, -0.2) is 39.4 Å². The van der Waals surface area contributed by atoms with Crippen molar-refractivity contribution in [3.63, 3.8) is 0 Å². The monoisotopic (exact) mass is 427 g/mol. The first-order valence-electron chi connectivity index (χ1n) is 10.2. The highest BCUT2D eigenvalue weighted by Crippen LogP contribution is 2.24. The molecule has 7 heteroatoms. The molecule has 0 bridgehead atoms. The van der Waals surface area contributed by atoms with Crippen LogP contribution < -0.4 is 5.56 Å². The molecule has 0 unspecified atom stereocenters.